The molecule has 0 spiro atoms. The van der Waals surface area contributed by atoms with Gasteiger partial charge >= 0.3 is 0 Å². The smallest absolute Gasteiger partial charge is 0.249 e. The molecule has 3 nitrogen and oxygen atoms in total. The Kier molecular flexibility index (Phi) is 4.44. The summed E-state index contributed by atoms with van der Waals surface area (Å²) < 4.78 is 2.28. The van der Waals surface area contributed by atoms with Crippen LogP contribution in [-0.4, -0.2) is 10.5 Å². The highest BCUT2D eigenvalue weighted by atomic mass is 16.1. The van der Waals surface area contributed by atoms with Crippen molar-refractivity contribution in [3.8, 4) is 0 Å². The molecule has 2 N–H and O–H groups in total. The highest BCUT2D eigenvalue weighted by Crippen LogP contribution is 2.33. The lowest BCUT2D eigenvalue weighted by molar-refractivity contribution is 0.100. The van der Waals surface area contributed by atoms with E-state index in [1.54, 1.807) is 6.07 Å². The first-order chi connectivity index (χ1) is 13.1. The van der Waals surface area contributed by atoms with Crippen LogP contribution < -0.4 is 5.73 Å². The van der Waals surface area contributed by atoms with Crippen LogP contribution in [0.2, 0.25) is 0 Å². The Morgan fingerprint density at radius 3 is 2.63 bits per heavy atom. The molecular weight excluding hydrogens is 332 g/mol. The number of rotatable bonds is 5. The van der Waals surface area contributed by atoms with Crippen LogP contribution >= 0.6 is 0 Å². The lowest BCUT2D eigenvalue weighted by atomic mass is 10.0. The number of nitrogens with two attached hydrogens (primary N) is 1. The number of carbonyl (C=O) groups excluding carboxylic acids is 1. The van der Waals surface area contributed by atoms with Crippen LogP contribution in [0.5, 0.6) is 0 Å². The first kappa shape index (κ1) is 17.3. The fourth-order valence-electron chi connectivity index (χ4n) is 3.90. The fraction of sp³-hybridized carbons (Fsp3) is 0.208. The lowest BCUT2D eigenvalue weighted by Gasteiger charge is -2.09. The van der Waals surface area contributed by atoms with Gasteiger partial charge in [-0.15, -0.1) is 0 Å². The standard InChI is InChI=1S/C24H23N2O/c1-3-6-17-11-12-19-22(14-17)26(15-18-8-4-7-16(2)13-18)21-10-5-9-20(23(19)21)24(25)27/h4-5,7-11,13-14H,3,6,15H2,1-2H3,(H2,25,27). The Balaban J connectivity index is 2.02. The third kappa shape index (κ3) is 3.10. The van der Waals surface area contributed by atoms with Gasteiger partial charge in [-0.3, -0.25) is 4.79 Å². The average molecular weight is 355 g/mol. The van der Waals surface area contributed by atoms with Gasteiger partial charge in [-0.1, -0.05) is 55.3 Å². The van der Waals surface area contributed by atoms with Crippen molar-refractivity contribution in [2.24, 2.45) is 5.73 Å². The van der Waals surface area contributed by atoms with Gasteiger partial charge in [0.25, 0.3) is 0 Å². The molecule has 3 aromatic carbocycles. The second-order valence-electron chi connectivity index (χ2n) is 7.16. The molecule has 1 amide bonds. The molecule has 0 aliphatic carbocycles. The van der Waals surface area contributed by atoms with E-state index in [1.165, 1.54) is 16.7 Å². The molecular formula is C24H23N2O. The van der Waals surface area contributed by atoms with Crippen molar-refractivity contribution in [3.05, 3.63) is 82.9 Å². The maximum atomic E-state index is 12.0. The van der Waals surface area contributed by atoms with E-state index in [4.69, 9.17) is 5.73 Å². The molecule has 135 valence electrons. The van der Waals surface area contributed by atoms with Crippen LogP contribution in [0, 0.1) is 13.0 Å². The van der Waals surface area contributed by atoms with E-state index >= 15 is 0 Å². The Morgan fingerprint density at radius 1 is 1.07 bits per heavy atom. The Morgan fingerprint density at radius 2 is 1.89 bits per heavy atom. The maximum Gasteiger partial charge on any atom is 0.249 e. The average Bonchev–Trinajstić information content (AvgIpc) is 2.95. The minimum absolute atomic E-state index is 0.402. The number of nitrogens with zero attached hydrogens (tertiary/aromatic N) is 1. The summed E-state index contributed by atoms with van der Waals surface area (Å²) in [5, 5.41) is 1.86. The van der Waals surface area contributed by atoms with Crippen LogP contribution in [0.1, 0.15) is 40.4 Å². The number of aromatic nitrogens is 1. The number of carbonyl (C=O) groups is 1. The summed E-state index contributed by atoms with van der Waals surface area (Å²) in [6.07, 6.45) is 2.10. The number of benzene rings is 3. The van der Waals surface area contributed by atoms with Crippen molar-refractivity contribution in [1.29, 1.82) is 0 Å². The lowest BCUT2D eigenvalue weighted by Crippen LogP contribution is -2.11. The van der Waals surface area contributed by atoms with E-state index in [0.29, 0.717) is 5.56 Å². The van der Waals surface area contributed by atoms with Crippen LogP contribution in [0.15, 0.2) is 54.6 Å². The van der Waals surface area contributed by atoms with E-state index in [2.05, 4.69) is 60.9 Å². The highest BCUT2D eigenvalue weighted by molar-refractivity contribution is 6.17. The summed E-state index contributed by atoms with van der Waals surface area (Å²) in [5.41, 5.74) is 12.1. The van der Waals surface area contributed by atoms with E-state index in [1.807, 2.05) is 12.1 Å². The molecule has 0 atom stereocenters. The van der Waals surface area contributed by atoms with Crippen molar-refractivity contribution >= 4 is 27.7 Å². The largest absolute Gasteiger partial charge is 0.366 e. The minimum Gasteiger partial charge on any atom is -0.366 e. The topological polar surface area (TPSA) is 48.0 Å². The van der Waals surface area contributed by atoms with Gasteiger partial charge in [-0.2, -0.15) is 0 Å². The van der Waals surface area contributed by atoms with Gasteiger partial charge in [0.2, 0.25) is 5.91 Å². The SMILES string of the molecule is CCCc1c[c]c2c3c(C(N)=O)cccc3n(Cc3cccc(C)c3)c2c1. The van der Waals surface area contributed by atoms with Crippen LogP contribution in [-0.2, 0) is 13.0 Å². The van der Waals surface area contributed by atoms with E-state index in [-0.39, 0.29) is 0 Å². The second kappa shape index (κ2) is 6.92. The van der Waals surface area contributed by atoms with Gasteiger partial charge < -0.3 is 10.3 Å². The van der Waals surface area contributed by atoms with Crippen LogP contribution in [0.3, 0.4) is 0 Å². The fourth-order valence-corrected chi connectivity index (χ4v) is 3.90. The van der Waals surface area contributed by atoms with Gasteiger partial charge in [-0.05, 0) is 48.7 Å². The zero-order valence-electron chi connectivity index (χ0n) is 15.8. The van der Waals surface area contributed by atoms with Gasteiger partial charge in [0, 0.05) is 22.9 Å². The molecule has 0 unspecified atom stereocenters. The van der Waals surface area contributed by atoms with Crippen molar-refractivity contribution in [3.63, 3.8) is 0 Å². The minimum atomic E-state index is -0.402. The Labute approximate surface area is 159 Å². The van der Waals surface area contributed by atoms with Crippen LogP contribution in [0.25, 0.3) is 21.8 Å². The summed E-state index contributed by atoms with van der Waals surface area (Å²) in [7, 11) is 0. The summed E-state index contributed by atoms with van der Waals surface area (Å²) in [6.45, 7) is 5.03. The summed E-state index contributed by atoms with van der Waals surface area (Å²) in [6, 6.07) is 22.0. The van der Waals surface area contributed by atoms with Gasteiger partial charge in [0.15, 0.2) is 0 Å². The molecule has 4 aromatic rings. The van der Waals surface area contributed by atoms with Gasteiger partial charge in [-0.25, -0.2) is 0 Å². The molecule has 4 rings (SSSR count). The molecule has 1 heterocycles. The number of fused-ring (bicyclic) bond motifs is 3. The molecule has 0 bridgehead atoms. The van der Waals surface area contributed by atoms with Crippen molar-refractivity contribution < 1.29 is 4.79 Å². The molecule has 0 saturated carbocycles. The Bertz CT molecular complexity index is 1150. The van der Waals surface area contributed by atoms with E-state index in [0.717, 1.165) is 41.2 Å². The molecule has 0 aliphatic heterocycles. The third-order valence-electron chi connectivity index (χ3n) is 5.08. The number of hydrogen-bond acceptors (Lipinski definition) is 1. The zero-order valence-corrected chi connectivity index (χ0v) is 15.8. The van der Waals surface area contributed by atoms with Crippen molar-refractivity contribution in [2.45, 2.75) is 33.2 Å². The first-order valence-electron chi connectivity index (χ1n) is 9.39. The predicted molar refractivity (Wildman–Crippen MR) is 111 cm³/mol. The van der Waals surface area contributed by atoms with Crippen LogP contribution in [0.4, 0.5) is 0 Å². The quantitative estimate of drug-likeness (QED) is 0.538. The first-order valence-corrected chi connectivity index (χ1v) is 9.39. The molecule has 0 fully saturated rings. The molecule has 3 heteroatoms. The zero-order chi connectivity index (χ0) is 19.0. The summed E-state index contributed by atoms with van der Waals surface area (Å²) in [4.78, 5) is 12.0. The number of aryl methyl sites for hydroxylation is 2. The Hall–Kier alpha value is -3.07. The number of amides is 1. The third-order valence-corrected chi connectivity index (χ3v) is 5.08. The maximum absolute atomic E-state index is 12.0. The molecule has 0 aliphatic rings. The molecule has 27 heavy (non-hydrogen) atoms. The van der Waals surface area contributed by atoms with Gasteiger partial charge in [0.1, 0.15) is 0 Å². The molecule has 1 aromatic heterocycles. The number of primary amides is 1. The molecule has 0 saturated heterocycles. The van der Waals surface area contributed by atoms with E-state index < -0.39 is 5.91 Å². The normalized spacial score (nSPS) is 11.3. The predicted octanol–water partition coefficient (Wildman–Crippen LogP) is 5.00. The summed E-state index contributed by atoms with van der Waals surface area (Å²) in [5.74, 6) is -0.402. The van der Waals surface area contributed by atoms with Crippen molar-refractivity contribution in [1.82, 2.24) is 4.57 Å². The monoisotopic (exact) mass is 355 g/mol. The number of hydrogen-bond donors (Lipinski definition) is 1. The highest BCUT2D eigenvalue weighted by Gasteiger charge is 2.17. The second-order valence-corrected chi connectivity index (χ2v) is 7.16. The van der Waals surface area contributed by atoms with Crippen molar-refractivity contribution in [2.75, 3.05) is 0 Å². The molecule has 1 radical (unpaired) electrons. The van der Waals surface area contributed by atoms with E-state index in [9.17, 15) is 4.79 Å². The van der Waals surface area contributed by atoms with Gasteiger partial charge in [0.05, 0.1) is 11.0 Å². The summed E-state index contributed by atoms with van der Waals surface area (Å²) >= 11 is 0.